The van der Waals surface area contributed by atoms with Gasteiger partial charge in [-0.3, -0.25) is 19.7 Å². The van der Waals surface area contributed by atoms with Crippen LogP contribution in [-0.2, 0) is 4.79 Å². The highest BCUT2D eigenvalue weighted by molar-refractivity contribution is 5.95. The smallest absolute Gasteiger partial charge is 0.311 e. The van der Waals surface area contributed by atoms with Gasteiger partial charge in [0.25, 0.3) is 5.91 Å². The van der Waals surface area contributed by atoms with Crippen molar-refractivity contribution in [3.05, 3.63) is 33.9 Å². The second kappa shape index (κ2) is 6.21. The Bertz CT molecular complexity index is 583. The summed E-state index contributed by atoms with van der Waals surface area (Å²) in [6, 6.07) is 3.86. The fourth-order valence-electron chi connectivity index (χ4n) is 1.46. The number of carbonyl (C=O) groups is 2. The topological polar surface area (TPSA) is 125 Å². The van der Waals surface area contributed by atoms with Crippen molar-refractivity contribution in [3.8, 4) is 5.75 Å². The molecule has 0 radical (unpaired) electrons. The van der Waals surface area contributed by atoms with Gasteiger partial charge in [0, 0.05) is 18.2 Å². The maximum Gasteiger partial charge on any atom is 0.311 e. The van der Waals surface area contributed by atoms with Crippen LogP contribution in [0.2, 0.25) is 0 Å². The molecule has 2 amide bonds. The third-order valence-electron chi connectivity index (χ3n) is 3.00. The maximum atomic E-state index is 12.0. The number of nitrogens with two attached hydrogens (primary N) is 1. The molecule has 0 unspecified atom stereocenters. The number of benzene rings is 1. The van der Waals surface area contributed by atoms with Crippen LogP contribution >= 0.6 is 0 Å². The molecule has 0 aromatic heterocycles. The standard InChI is InChI=1S/C13H17N3O5/c1-13(2,12(14)18)7-15-11(17)8-4-5-10(21-3)9(6-8)16(19)20/h4-6H,7H2,1-3H3,(H2,14,18)(H,15,17). The molecule has 0 heterocycles. The number of methoxy groups -OCH3 is 1. The van der Waals surface area contributed by atoms with Gasteiger partial charge in [-0.1, -0.05) is 0 Å². The zero-order valence-corrected chi connectivity index (χ0v) is 12.0. The number of hydrogen-bond donors (Lipinski definition) is 2. The molecular weight excluding hydrogens is 278 g/mol. The molecule has 0 atom stereocenters. The molecule has 0 fully saturated rings. The van der Waals surface area contributed by atoms with E-state index in [0.29, 0.717) is 0 Å². The van der Waals surface area contributed by atoms with Crippen molar-refractivity contribution in [1.82, 2.24) is 5.32 Å². The first-order valence-electron chi connectivity index (χ1n) is 6.09. The lowest BCUT2D eigenvalue weighted by Gasteiger charge is -2.20. The van der Waals surface area contributed by atoms with E-state index < -0.39 is 22.2 Å². The van der Waals surface area contributed by atoms with Crippen LogP contribution in [0, 0.1) is 15.5 Å². The minimum absolute atomic E-state index is 0.0288. The van der Waals surface area contributed by atoms with Crippen LogP contribution in [0.5, 0.6) is 5.75 Å². The van der Waals surface area contributed by atoms with E-state index in [1.54, 1.807) is 13.8 Å². The highest BCUT2D eigenvalue weighted by Crippen LogP contribution is 2.27. The summed E-state index contributed by atoms with van der Waals surface area (Å²) in [5, 5.41) is 13.4. The Kier molecular flexibility index (Phi) is 4.85. The summed E-state index contributed by atoms with van der Waals surface area (Å²) in [7, 11) is 1.30. The number of nitrogens with zero attached hydrogens (tertiary/aromatic N) is 1. The molecular formula is C13H17N3O5. The van der Waals surface area contributed by atoms with Crippen molar-refractivity contribution in [2.45, 2.75) is 13.8 Å². The lowest BCUT2D eigenvalue weighted by atomic mass is 9.92. The largest absolute Gasteiger partial charge is 0.490 e. The van der Waals surface area contributed by atoms with E-state index in [1.165, 1.54) is 19.2 Å². The average Bonchev–Trinajstić information content (AvgIpc) is 2.43. The Morgan fingerprint density at radius 1 is 1.43 bits per heavy atom. The fourth-order valence-corrected chi connectivity index (χ4v) is 1.46. The molecule has 0 spiro atoms. The molecule has 0 aliphatic carbocycles. The van der Waals surface area contributed by atoms with Crippen molar-refractivity contribution in [3.63, 3.8) is 0 Å². The number of nitro groups is 1. The molecule has 21 heavy (non-hydrogen) atoms. The van der Waals surface area contributed by atoms with Crippen molar-refractivity contribution < 1.29 is 19.2 Å². The SMILES string of the molecule is COc1ccc(C(=O)NCC(C)(C)C(N)=O)cc1[N+](=O)[O-]. The molecule has 0 aliphatic rings. The lowest BCUT2D eigenvalue weighted by molar-refractivity contribution is -0.385. The molecule has 0 aliphatic heterocycles. The van der Waals surface area contributed by atoms with Crippen molar-refractivity contribution in [1.29, 1.82) is 0 Å². The van der Waals surface area contributed by atoms with Gasteiger partial charge in [0.15, 0.2) is 5.75 Å². The molecule has 0 saturated heterocycles. The summed E-state index contributed by atoms with van der Waals surface area (Å²) < 4.78 is 4.85. The number of primary amides is 1. The van der Waals surface area contributed by atoms with Crippen molar-refractivity contribution >= 4 is 17.5 Å². The zero-order valence-electron chi connectivity index (χ0n) is 12.0. The van der Waals surface area contributed by atoms with Crippen LogP contribution in [0.1, 0.15) is 24.2 Å². The zero-order chi connectivity index (χ0) is 16.2. The quantitative estimate of drug-likeness (QED) is 0.594. The summed E-state index contributed by atoms with van der Waals surface area (Å²) >= 11 is 0. The predicted molar refractivity (Wildman–Crippen MR) is 75.0 cm³/mol. The summed E-state index contributed by atoms with van der Waals surface area (Å²) in [4.78, 5) is 33.4. The highest BCUT2D eigenvalue weighted by Gasteiger charge is 2.26. The van der Waals surface area contributed by atoms with Crippen LogP contribution < -0.4 is 15.8 Å². The third kappa shape index (κ3) is 3.91. The van der Waals surface area contributed by atoms with Gasteiger partial charge in [-0.2, -0.15) is 0 Å². The molecule has 8 heteroatoms. The number of nitrogens with one attached hydrogen (secondary N) is 1. The van der Waals surface area contributed by atoms with E-state index >= 15 is 0 Å². The summed E-state index contributed by atoms with van der Waals surface area (Å²) in [6.07, 6.45) is 0. The fraction of sp³-hybridized carbons (Fsp3) is 0.385. The monoisotopic (exact) mass is 295 g/mol. The summed E-state index contributed by atoms with van der Waals surface area (Å²) in [6.45, 7) is 3.21. The minimum Gasteiger partial charge on any atom is -0.490 e. The first kappa shape index (κ1) is 16.4. The predicted octanol–water partition coefficient (Wildman–Crippen LogP) is 0.845. The van der Waals surface area contributed by atoms with E-state index in [1.807, 2.05) is 0 Å². The van der Waals surface area contributed by atoms with Gasteiger partial charge in [0.1, 0.15) is 0 Å². The Hall–Kier alpha value is -2.64. The van der Waals surface area contributed by atoms with Crippen LogP contribution in [0.25, 0.3) is 0 Å². The van der Waals surface area contributed by atoms with E-state index in [9.17, 15) is 19.7 Å². The molecule has 1 aromatic rings. The van der Waals surface area contributed by atoms with Gasteiger partial charge in [-0.05, 0) is 26.0 Å². The van der Waals surface area contributed by atoms with Gasteiger partial charge >= 0.3 is 5.69 Å². The first-order chi connectivity index (χ1) is 9.69. The van der Waals surface area contributed by atoms with Crippen LogP contribution in [0.15, 0.2) is 18.2 Å². The van der Waals surface area contributed by atoms with Crippen LogP contribution in [-0.4, -0.2) is 30.4 Å². The Labute approximate surface area is 121 Å². The van der Waals surface area contributed by atoms with Gasteiger partial charge in [-0.25, -0.2) is 0 Å². The van der Waals surface area contributed by atoms with Gasteiger partial charge in [0.2, 0.25) is 5.91 Å². The second-order valence-electron chi connectivity index (χ2n) is 5.07. The third-order valence-corrected chi connectivity index (χ3v) is 3.00. The molecule has 0 saturated carbocycles. The minimum atomic E-state index is -0.909. The maximum absolute atomic E-state index is 12.0. The number of carbonyl (C=O) groups excluding carboxylic acids is 2. The normalized spacial score (nSPS) is 10.8. The Morgan fingerprint density at radius 3 is 2.52 bits per heavy atom. The van der Waals surface area contributed by atoms with Crippen molar-refractivity contribution in [2.24, 2.45) is 11.1 Å². The molecule has 8 nitrogen and oxygen atoms in total. The number of rotatable bonds is 6. The lowest BCUT2D eigenvalue weighted by Crippen LogP contribution is -2.42. The molecule has 1 aromatic carbocycles. The van der Waals surface area contributed by atoms with E-state index in [0.717, 1.165) is 6.07 Å². The second-order valence-corrected chi connectivity index (χ2v) is 5.07. The van der Waals surface area contributed by atoms with E-state index in [2.05, 4.69) is 5.32 Å². The summed E-state index contributed by atoms with van der Waals surface area (Å²) in [5.74, 6) is -1.02. The van der Waals surface area contributed by atoms with Gasteiger partial charge in [0.05, 0.1) is 17.4 Å². The van der Waals surface area contributed by atoms with Crippen LogP contribution in [0.4, 0.5) is 5.69 Å². The van der Waals surface area contributed by atoms with Crippen molar-refractivity contribution in [2.75, 3.05) is 13.7 Å². The first-order valence-corrected chi connectivity index (χ1v) is 6.09. The Morgan fingerprint density at radius 2 is 2.05 bits per heavy atom. The molecule has 0 bridgehead atoms. The molecule has 114 valence electrons. The molecule has 1 rings (SSSR count). The number of hydrogen-bond acceptors (Lipinski definition) is 5. The van der Waals surface area contributed by atoms with Gasteiger partial charge < -0.3 is 15.8 Å². The van der Waals surface area contributed by atoms with E-state index in [-0.39, 0.29) is 23.5 Å². The number of nitro benzene ring substituents is 1. The molecule has 3 N–H and O–H groups in total. The Balaban J connectivity index is 2.91. The summed E-state index contributed by atoms with van der Waals surface area (Å²) in [5.41, 5.74) is 4.09. The number of ether oxygens (including phenoxy) is 1. The van der Waals surface area contributed by atoms with E-state index in [4.69, 9.17) is 10.5 Å². The van der Waals surface area contributed by atoms with Crippen LogP contribution in [0.3, 0.4) is 0 Å². The van der Waals surface area contributed by atoms with Gasteiger partial charge in [-0.15, -0.1) is 0 Å². The number of amides is 2. The highest BCUT2D eigenvalue weighted by atomic mass is 16.6. The average molecular weight is 295 g/mol.